The Labute approximate surface area is 123 Å². The molecule has 1 N–H and O–H groups in total. The third kappa shape index (κ3) is 4.78. The summed E-state index contributed by atoms with van der Waals surface area (Å²) in [7, 11) is 2.20. The summed E-state index contributed by atoms with van der Waals surface area (Å²) < 4.78 is 0. The lowest BCUT2D eigenvalue weighted by Crippen LogP contribution is -2.35. The molecule has 3 nitrogen and oxygen atoms in total. The zero-order chi connectivity index (χ0) is 14.6. The van der Waals surface area contributed by atoms with Gasteiger partial charge in [0.15, 0.2) is 0 Å². The van der Waals surface area contributed by atoms with E-state index in [4.69, 9.17) is 0 Å². The molecule has 1 aliphatic carbocycles. The summed E-state index contributed by atoms with van der Waals surface area (Å²) in [4.78, 5) is 6.85. The second kappa shape index (κ2) is 6.57. The van der Waals surface area contributed by atoms with Gasteiger partial charge in [0.25, 0.3) is 0 Å². The lowest BCUT2D eigenvalue weighted by Gasteiger charge is -2.24. The molecule has 1 aromatic rings. The zero-order valence-electron chi connectivity index (χ0n) is 13.4. The van der Waals surface area contributed by atoms with Crippen LogP contribution in [0.15, 0.2) is 18.3 Å². The van der Waals surface area contributed by atoms with Crippen molar-refractivity contribution in [3.8, 4) is 0 Å². The average Bonchev–Trinajstić information content (AvgIpc) is 2.89. The van der Waals surface area contributed by atoms with Crippen LogP contribution in [0.4, 0.5) is 5.69 Å². The first-order valence-corrected chi connectivity index (χ1v) is 7.85. The van der Waals surface area contributed by atoms with Crippen molar-refractivity contribution in [3.05, 3.63) is 24.0 Å². The lowest BCUT2D eigenvalue weighted by molar-refractivity contribution is 0.421. The quantitative estimate of drug-likeness (QED) is 0.890. The van der Waals surface area contributed by atoms with Crippen LogP contribution in [-0.4, -0.2) is 24.1 Å². The number of hydrogen-bond donors (Lipinski definition) is 1. The van der Waals surface area contributed by atoms with Crippen LogP contribution in [0.1, 0.15) is 52.1 Å². The largest absolute Gasteiger partial charge is 0.374 e. The molecule has 0 radical (unpaired) electrons. The normalized spacial score (nSPS) is 16.6. The molecular formula is C17H29N3. The minimum atomic E-state index is 0.132. The summed E-state index contributed by atoms with van der Waals surface area (Å²) in [6.45, 7) is 8.56. The first kappa shape index (κ1) is 15.3. The Balaban J connectivity index is 1.93. The Morgan fingerprint density at radius 2 is 2.00 bits per heavy atom. The van der Waals surface area contributed by atoms with E-state index in [9.17, 15) is 0 Å². The Bertz CT molecular complexity index is 416. The molecule has 3 heteroatoms. The molecule has 1 aromatic heterocycles. The van der Waals surface area contributed by atoms with Gasteiger partial charge in [-0.15, -0.1) is 0 Å². The number of anilines is 1. The van der Waals surface area contributed by atoms with Crippen molar-refractivity contribution in [1.82, 2.24) is 10.3 Å². The summed E-state index contributed by atoms with van der Waals surface area (Å²) in [6.07, 6.45) is 7.55. The SMILES string of the molecule is CN(CC1CCCC1)c1ccnc(CNC(C)(C)C)c1. The maximum Gasteiger partial charge on any atom is 0.0562 e. The molecular weight excluding hydrogens is 246 g/mol. The first-order valence-electron chi connectivity index (χ1n) is 7.85. The van der Waals surface area contributed by atoms with E-state index in [0.29, 0.717) is 0 Å². The highest BCUT2D eigenvalue weighted by molar-refractivity contribution is 5.45. The van der Waals surface area contributed by atoms with Gasteiger partial charge < -0.3 is 10.2 Å². The fraction of sp³-hybridized carbons (Fsp3) is 0.706. The van der Waals surface area contributed by atoms with Crippen LogP contribution >= 0.6 is 0 Å². The molecule has 1 fully saturated rings. The van der Waals surface area contributed by atoms with Gasteiger partial charge in [-0.3, -0.25) is 4.98 Å². The van der Waals surface area contributed by atoms with Crippen LogP contribution in [0, 0.1) is 5.92 Å². The number of hydrogen-bond acceptors (Lipinski definition) is 3. The highest BCUT2D eigenvalue weighted by Gasteiger charge is 2.17. The molecule has 0 amide bonds. The van der Waals surface area contributed by atoms with Crippen LogP contribution in [0.25, 0.3) is 0 Å². The van der Waals surface area contributed by atoms with E-state index in [2.05, 4.69) is 55.2 Å². The van der Waals surface area contributed by atoms with Gasteiger partial charge in [0.2, 0.25) is 0 Å². The Morgan fingerprint density at radius 3 is 2.65 bits per heavy atom. The predicted octanol–water partition coefficient (Wildman–Crippen LogP) is 3.60. The summed E-state index contributed by atoms with van der Waals surface area (Å²) in [5.74, 6) is 0.879. The van der Waals surface area contributed by atoms with E-state index in [-0.39, 0.29) is 5.54 Å². The summed E-state index contributed by atoms with van der Waals surface area (Å²) in [6, 6.07) is 4.34. The minimum Gasteiger partial charge on any atom is -0.374 e. The summed E-state index contributed by atoms with van der Waals surface area (Å²) in [5.41, 5.74) is 2.54. The molecule has 1 heterocycles. The molecule has 112 valence electrons. The first-order chi connectivity index (χ1) is 9.44. The predicted molar refractivity (Wildman–Crippen MR) is 86.1 cm³/mol. The molecule has 0 aliphatic heterocycles. The second-order valence-electron chi connectivity index (χ2n) is 7.14. The molecule has 0 aromatic carbocycles. The van der Waals surface area contributed by atoms with E-state index >= 15 is 0 Å². The Kier molecular flexibility index (Phi) is 5.03. The molecule has 1 saturated carbocycles. The highest BCUT2D eigenvalue weighted by Crippen LogP contribution is 2.26. The Hall–Kier alpha value is -1.09. The maximum absolute atomic E-state index is 4.47. The summed E-state index contributed by atoms with van der Waals surface area (Å²) in [5, 5.41) is 3.50. The highest BCUT2D eigenvalue weighted by atomic mass is 15.1. The standard InChI is InChI=1S/C17H29N3/c1-17(2,3)19-12-15-11-16(9-10-18-15)20(4)13-14-7-5-6-8-14/h9-11,14,19H,5-8,12-13H2,1-4H3. The van der Waals surface area contributed by atoms with Crippen LogP contribution in [0.2, 0.25) is 0 Å². The minimum absolute atomic E-state index is 0.132. The molecule has 1 aliphatic rings. The third-order valence-electron chi connectivity index (χ3n) is 4.05. The molecule has 20 heavy (non-hydrogen) atoms. The smallest absolute Gasteiger partial charge is 0.0562 e. The molecule has 0 atom stereocenters. The molecule has 0 bridgehead atoms. The van der Waals surface area contributed by atoms with Crippen LogP contribution < -0.4 is 10.2 Å². The van der Waals surface area contributed by atoms with Crippen molar-refractivity contribution in [1.29, 1.82) is 0 Å². The summed E-state index contributed by atoms with van der Waals surface area (Å²) >= 11 is 0. The number of nitrogens with one attached hydrogen (secondary N) is 1. The van der Waals surface area contributed by atoms with Crippen molar-refractivity contribution in [2.45, 2.75) is 58.5 Å². The van der Waals surface area contributed by atoms with Gasteiger partial charge >= 0.3 is 0 Å². The van der Waals surface area contributed by atoms with Gasteiger partial charge in [-0.1, -0.05) is 12.8 Å². The van der Waals surface area contributed by atoms with Gasteiger partial charge in [-0.25, -0.2) is 0 Å². The van der Waals surface area contributed by atoms with Gasteiger partial charge in [0, 0.05) is 37.6 Å². The third-order valence-corrected chi connectivity index (χ3v) is 4.05. The van der Waals surface area contributed by atoms with Crippen molar-refractivity contribution in [3.63, 3.8) is 0 Å². The molecule has 0 spiro atoms. The number of rotatable bonds is 5. The van der Waals surface area contributed by atoms with Crippen molar-refractivity contribution in [2.75, 3.05) is 18.5 Å². The van der Waals surface area contributed by atoms with Crippen molar-refractivity contribution >= 4 is 5.69 Å². The van der Waals surface area contributed by atoms with Crippen LogP contribution in [0.3, 0.4) is 0 Å². The average molecular weight is 275 g/mol. The van der Waals surface area contributed by atoms with Gasteiger partial charge in [-0.2, -0.15) is 0 Å². The van der Waals surface area contributed by atoms with E-state index in [0.717, 1.165) is 18.2 Å². The number of pyridine rings is 1. The fourth-order valence-corrected chi connectivity index (χ4v) is 2.84. The van der Waals surface area contributed by atoms with Gasteiger partial charge in [0.1, 0.15) is 0 Å². The number of nitrogens with zero attached hydrogens (tertiary/aromatic N) is 2. The molecule has 0 saturated heterocycles. The van der Waals surface area contributed by atoms with Gasteiger partial charge in [0.05, 0.1) is 5.69 Å². The van der Waals surface area contributed by atoms with Crippen molar-refractivity contribution in [2.24, 2.45) is 5.92 Å². The maximum atomic E-state index is 4.47. The fourth-order valence-electron chi connectivity index (χ4n) is 2.84. The molecule has 0 unspecified atom stereocenters. The topological polar surface area (TPSA) is 28.2 Å². The van der Waals surface area contributed by atoms with Gasteiger partial charge in [-0.05, 0) is 51.7 Å². The number of aromatic nitrogens is 1. The monoisotopic (exact) mass is 275 g/mol. The van der Waals surface area contributed by atoms with E-state index in [1.54, 1.807) is 0 Å². The van der Waals surface area contributed by atoms with Crippen LogP contribution in [-0.2, 0) is 6.54 Å². The van der Waals surface area contributed by atoms with Crippen LogP contribution in [0.5, 0.6) is 0 Å². The van der Waals surface area contributed by atoms with E-state index in [1.165, 1.54) is 37.9 Å². The zero-order valence-corrected chi connectivity index (χ0v) is 13.4. The Morgan fingerprint density at radius 1 is 1.30 bits per heavy atom. The van der Waals surface area contributed by atoms with Crippen molar-refractivity contribution < 1.29 is 0 Å². The second-order valence-corrected chi connectivity index (χ2v) is 7.14. The van der Waals surface area contributed by atoms with E-state index in [1.807, 2.05) is 6.20 Å². The van der Waals surface area contributed by atoms with E-state index < -0.39 is 0 Å². The molecule has 2 rings (SSSR count). The lowest BCUT2D eigenvalue weighted by atomic mass is 10.1.